The van der Waals surface area contributed by atoms with Crippen LogP contribution in [0.2, 0.25) is 0 Å². The number of rotatable bonds is 7. The van der Waals surface area contributed by atoms with Crippen molar-refractivity contribution in [3.05, 3.63) is 53.1 Å². The first-order chi connectivity index (χ1) is 12.5. The molecular formula is C21H27N3O2. The van der Waals surface area contributed by atoms with Gasteiger partial charge in [-0.3, -0.25) is 9.79 Å². The molecule has 0 radical (unpaired) electrons. The molecule has 1 amide bonds. The lowest BCUT2D eigenvalue weighted by Gasteiger charge is -2.21. The van der Waals surface area contributed by atoms with Crippen LogP contribution in [0.25, 0.3) is 0 Å². The van der Waals surface area contributed by atoms with Crippen molar-refractivity contribution in [2.24, 2.45) is 4.99 Å². The van der Waals surface area contributed by atoms with Crippen LogP contribution in [0.4, 0.5) is 11.4 Å². The summed E-state index contributed by atoms with van der Waals surface area (Å²) in [6.07, 6.45) is 1.53. The molecule has 0 unspecified atom stereocenters. The van der Waals surface area contributed by atoms with Crippen LogP contribution in [-0.2, 0) is 4.79 Å². The van der Waals surface area contributed by atoms with Crippen LogP contribution in [-0.4, -0.2) is 36.9 Å². The summed E-state index contributed by atoms with van der Waals surface area (Å²) >= 11 is 0. The molecule has 0 atom stereocenters. The topological polar surface area (TPSA) is 64.9 Å². The summed E-state index contributed by atoms with van der Waals surface area (Å²) in [4.78, 5) is 18.4. The van der Waals surface area contributed by atoms with Gasteiger partial charge in [-0.25, -0.2) is 0 Å². The van der Waals surface area contributed by atoms with Crippen LogP contribution in [0.5, 0.6) is 5.75 Å². The van der Waals surface area contributed by atoms with E-state index in [4.69, 9.17) is 0 Å². The lowest BCUT2D eigenvalue weighted by molar-refractivity contribution is -0.114. The highest BCUT2D eigenvalue weighted by atomic mass is 16.3. The van der Waals surface area contributed by atoms with Gasteiger partial charge in [0.15, 0.2) is 0 Å². The molecule has 0 fully saturated rings. The number of aromatic hydroxyl groups is 1. The van der Waals surface area contributed by atoms with Crippen molar-refractivity contribution in [3.63, 3.8) is 0 Å². The Bertz CT molecular complexity index is 796. The zero-order valence-electron chi connectivity index (χ0n) is 15.9. The summed E-state index contributed by atoms with van der Waals surface area (Å²) in [5.41, 5.74) is 4.55. The van der Waals surface area contributed by atoms with Crippen molar-refractivity contribution >= 4 is 23.5 Å². The van der Waals surface area contributed by atoms with E-state index in [1.165, 1.54) is 6.21 Å². The fourth-order valence-electron chi connectivity index (χ4n) is 2.73. The minimum absolute atomic E-state index is 0.00458. The number of phenols is 1. The number of amides is 1. The molecule has 2 aromatic carbocycles. The van der Waals surface area contributed by atoms with Crippen LogP contribution in [0.1, 0.15) is 30.5 Å². The van der Waals surface area contributed by atoms with Crippen molar-refractivity contribution in [1.29, 1.82) is 0 Å². The van der Waals surface area contributed by atoms with Gasteiger partial charge in [0.2, 0.25) is 5.91 Å². The van der Waals surface area contributed by atoms with E-state index >= 15 is 0 Å². The number of nitrogens with zero attached hydrogens (tertiary/aromatic N) is 2. The highest BCUT2D eigenvalue weighted by Gasteiger charge is 2.07. The van der Waals surface area contributed by atoms with Crippen molar-refractivity contribution in [3.8, 4) is 5.75 Å². The minimum atomic E-state index is -0.186. The van der Waals surface area contributed by atoms with Crippen LogP contribution < -0.4 is 10.2 Å². The zero-order valence-corrected chi connectivity index (χ0v) is 15.9. The molecular weight excluding hydrogens is 326 g/mol. The Morgan fingerprint density at radius 3 is 2.58 bits per heavy atom. The summed E-state index contributed by atoms with van der Waals surface area (Å²) < 4.78 is 0. The summed E-state index contributed by atoms with van der Waals surface area (Å²) in [7, 11) is 0. The van der Waals surface area contributed by atoms with Crippen molar-refractivity contribution in [2.75, 3.05) is 29.9 Å². The predicted molar refractivity (Wildman–Crippen MR) is 109 cm³/mol. The van der Waals surface area contributed by atoms with E-state index in [1.54, 1.807) is 6.07 Å². The third kappa shape index (κ3) is 4.85. The van der Waals surface area contributed by atoms with E-state index in [9.17, 15) is 9.90 Å². The Balaban J connectivity index is 1.99. The molecule has 5 nitrogen and oxygen atoms in total. The molecule has 0 spiro atoms. The SMILES string of the molecule is CCN(CC)c1ccc(C=NCC(=O)Nc2cccc(C)c2C)c(O)c1. The van der Waals surface area contributed by atoms with E-state index in [0.717, 1.165) is 35.6 Å². The van der Waals surface area contributed by atoms with Gasteiger partial charge in [0, 0.05) is 42.3 Å². The van der Waals surface area contributed by atoms with Gasteiger partial charge in [0.1, 0.15) is 12.3 Å². The second-order valence-electron chi connectivity index (χ2n) is 6.18. The Labute approximate surface area is 155 Å². The number of carbonyl (C=O) groups is 1. The number of hydrogen-bond acceptors (Lipinski definition) is 4. The first kappa shape index (κ1) is 19.5. The number of nitrogens with one attached hydrogen (secondary N) is 1. The van der Waals surface area contributed by atoms with E-state index in [1.807, 2.05) is 44.2 Å². The van der Waals surface area contributed by atoms with Crippen molar-refractivity contribution in [2.45, 2.75) is 27.7 Å². The van der Waals surface area contributed by atoms with Crippen LogP contribution >= 0.6 is 0 Å². The second kappa shape index (κ2) is 9.04. The van der Waals surface area contributed by atoms with E-state index in [0.29, 0.717) is 5.56 Å². The molecule has 0 bridgehead atoms. The number of aliphatic imine (C=N–C) groups is 1. The Kier molecular flexibility index (Phi) is 6.78. The molecule has 5 heteroatoms. The summed E-state index contributed by atoms with van der Waals surface area (Å²) in [6.45, 7) is 9.89. The number of hydrogen-bond donors (Lipinski definition) is 2. The molecule has 0 saturated heterocycles. The van der Waals surface area contributed by atoms with Gasteiger partial charge in [0.25, 0.3) is 0 Å². The van der Waals surface area contributed by atoms with Gasteiger partial charge in [-0.2, -0.15) is 0 Å². The maximum atomic E-state index is 12.1. The maximum Gasteiger partial charge on any atom is 0.246 e. The largest absolute Gasteiger partial charge is 0.507 e. The number of phenolic OH excluding ortho intramolecular Hbond substituents is 1. The monoisotopic (exact) mass is 353 g/mol. The molecule has 0 aliphatic rings. The molecule has 26 heavy (non-hydrogen) atoms. The highest BCUT2D eigenvalue weighted by Crippen LogP contribution is 2.23. The fraction of sp³-hybridized carbons (Fsp3) is 0.333. The molecule has 0 aliphatic carbocycles. The first-order valence-corrected chi connectivity index (χ1v) is 8.90. The van der Waals surface area contributed by atoms with Gasteiger partial charge in [-0.05, 0) is 57.0 Å². The van der Waals surface area contributed by atoms with Crippen LogP contribution in [0, 0.1) is 13.8 Å². The Hall–Kier alpha value is -2.82. The molecule has 0 aliphatic heterocycles. The summed E-state index contributed by atoms with van der Waals surface area (Å²) in [5, 5.41) is 13.0. The summed E-state index contributed by atoms with van der Waals surface area (Å²) in [6, 6.07) is 11.3. The Morgan fingerprint density at radius 1 is 1.19 bits per heavy atom. The third-order valence-electron chi connectivity index (χ3n) is 4.49. The van der Waals surface area contributed by atoms with Crippen molar-refractivity contribution < 1.29 is 9.90 Å². The van der Waals surface area contributed by atoms with Gasteiger partial charge >= 0.3 is 0 Å². The molecule has 0 heterocycles. The Morgan fingerprint density at radius 2 is 1.92 bits per heavy atom. The predicted octanol–water partition coefficient (Wildman–Crippen LogP) is 3.91. The normalized spacial score (nSPS) is 10.9. The van der Waals surface area contributed by atoms with Crippen LogP contribution in [0.3, 0.4) is 0 Å². The lowest BCUT2D eigenvalue weighted by Crippen LogP contribution is -2.21. The minimum Gasteiger partial charge on any atom is -0.507 e. The van der Waals surface area contributed by atoms with Gasteiger partial charge < -0.3 is 15.3 Å². The fourth-order valence-corrected chi connectivity index (χ4v) is 2.73. The smallest absolute Gasteiger partial charge is 0.246 e. The lowest BCUT2D eigenvalue weighted by atomic mass is 10.1. The second-order valence-corrected chi connectivity index (χ2v) is 6.18. The maximum absolute atomic E-state index is 12.1. The average Bonchev–Trinajstić information content (AvgIpc) is 2.62. The standard InChI is InChI=1S/C21H27N3O2/c1-5-24(6-2)18-11-10-17(20(25)12-18)13-22-14-21(26)23-19-9-7-8-15(3)16(19)4/h7-13,25H,5-6,14H2,1-4H3,(H,23,26). The number of anilines is 2. The third-order valence-corrected chi connectivity index (χ3v) is 4.49. The molecule has 2 N–H and O–H groups in total. The molecule has 2 aromatic rings. The molecule has 2 rings (SSSR count). The number of benzene rings is 2. The van der Waals surface area contributed by atoms with Crippen LogP contribution in [0.15, 0.2) is 41.4 Å². The average molecular weight is 353 g/mol. The van der Waals surface area contributed by atoms with Gasteiger partial charge in [-0.1, -0.05) is 12.1 Å². The quantitative estimate of drug-likeness (QED) is 0.742. The molecule has 0 saturated carbocycles. The number of carbonyl (C=O) groups excluding carboxylic acids is 1. The van der Waals surface area contributed by atoms with Gasteiger partial charge in [0.05, 0.1) is 0 Å². The number of aryl methyl sites for hydroxylation is 1. The zero-order chi connectivity index (χ0) is 19.1. The van der Waals surface area contributed by atoms with Crippen molar-refractivity contribution in [1.82, 2.24) is 0 Å². The highest BCUT2D eigenvalue weighted by molar-refractivity contribution is 5.95. The van der Waals surface area contributed by atoms with Gasteiger partial charge in [-0.15, -0.1) is 0 Å². The van der Waals surface area contributed by atoms with E-state index < -0.39 is 0 Å². The van der Waals surface area contributed by atoms with E-state index in [-0.39, 0.29) is 18.2 Å². The molecule has 138 valence electrons. The molecule has 0 aromatic heterocycles. The summed E-state index contributed by atoms with van der Waals surface area (Å²) in [5.74, 6) is -0.0257. The van der Waals surface area contributed by atoms with E-state index in [2.05, 4.69) is 29.1 Å². The first-order valence-electron chi connectivity index (χ1n) is 8.90.